The van der Waals surface area contributed by atoms with Gasteiger partial charge in [0.25, 0.3) is 0 Å². The largest absolute Gasteiger partial charge is 0.469 e. The van der Waals surface area contributed by atoms with E-state index in [2.05, 4.69) is 22.2 Å². The normalized spacial score (nSPS) is 10.9. The Balaban J connectivity index is 2.29. The predicted octanol–water partition coefficient (Wildman–Crippen LogP) is 3.16. The summed E-state index contributed by atoms with van der Waals surface area (Å²) in [7, 11) is 0. The number of hydrogen-bond acceptors (Lipinski definition) is 4. The van der Waals surface area contributed by atoms with Crippen LogP contribution < -0.4 is 5.32 Å². The molecule has 4 heteroatoms. The van der Waals surface area contributed by atoms with Crippen LogP contribution in [-0.4, -0.2) is 16.5 Å². The molecule has 0 unspecified atom stereocenters. The number of aromatic nitrogens is 2. The number of furan rings is 1. The van der Waals surface area contributed by atoms with E-state index in [0.29, 0.717) is 0 Å². The Labute approximate surface area is 114 Å². The summed E-state index contributed by atoms with van der Waals surface area (Å²) in [5, 5.41) is 3.40. The van der Waals surface area contributed by atoms with Crippen LogP contribution in [0.4, 0.5) is 0 Å². The highest BCUT2D eigenvalue weighted by atomic mass is 16.3. The van der Waals surface area contributed by atoms with Gasteiger partial charge in [0.2, 0.25) is 0 Å². The van der Waals surface area contributed by atoms with Crippen molar-refractivity contribution in [3.63, 3.8) is 0 Å². The van der Waals surface area contributed by atoms with Gasteiger partial charge in [-0.15, -0.1) is 0 Å². The summed E-state index contributed by atoms with van der Waals surface area (Å²) in [6.07, 6.45) is 2.81. The molecule has 0 aromatic carbocycles. The van der Waals surface area contributed by atoms with Crippen molar-refractivity contribution in [1.29, 1.82) is 0 Å². The first kappa shape index (κ1) is 13.7. The van der Waals surface area contributed by atoms with Crippen molar-refractivity contribution in [1.82, 2.24) is 15.3 Å². The van der Waals surface area contributed by atoms with E-state index >= 15 is 0 Å². The predicted molar refractivity (Wildman–Crippen MR) is 75.9 cm³/mol. The summed E-state index contributed by atoms with van der Waals surface area (Å²) in [5.41, 5.74) is 4.23. The molecular weight excluding hydrogens is 238 g/mol. The maximum absolute atomic E-state index is 5.32. The van der Waals surface area contributed by atoms with Crippen LogP contribution in [0, 0.1) is 20.8 Å². The summed E-state index contributed by atoms with van der Waals surface area (Å²) in [5.74, 6) is 1.61. The lowest BCUT2D eigenvalue weighted by Crippen LogP contribution is -2.17. The molecule has 0 amide bonds. The van der Waals surface area contributed by atoms with E-state index in [1.807, 2.05) is 26.8 Å². The number of aryl methyl sites for hydroxylation is 3. The molecular formula is C15H21N3O. The third-order valence-corrected chi connectivity index (χ3v) is 3.25. The Bertz CT molecular complexity index is 537. The van der Waals surface area contributed by atoms with E-state index in [4.69, 9.17) is 4.42 Å². The Morgan fingerprint density at radius 1 is 1.16 bits per heavy atom. The maximum Gasteiger partial charge on any atom is 0.163 e. The molecule has 0 radical (unpaired) electrons. The van der Waals surface area contributed by atoms with Crippen molar-refractivity contribution >= 4 is 0 Å². The molecule has 0 saturated heterocycles. The van der Waals surface area contributed by atoms with Crippen molar-refractivity contribution < 1.29 is 4.42 Å². The lowest BCUT2D eigenvalue weighted by molar-refractivity contribution is 0.535. The van der Waals surface area contributed by atoms with E-state index in [0.717, 1.165) is 48.0 Å². The third kappa shape index (κ3) is 3.01. The molecule has 4 nitrogen and oxygen atoms in total. The SMILES string of the molecule is CCCNCc1c(C)nc(-c2ccoc2C)nc1C. The summed E-state index contributed by atoms with van der Waals surface area (Å²) < 4.78 is 5.32. The number of rotatable bonds is 5. The summed E-state index contributed by atoms with van der Waals surface area (Å²) in [6, 6.07) is 1.92. The minimum atomic E-state index is 0.750. The molecule has 0 aliphatic heterocycles. The van der Waals surface area contributed by atoms with Crippen molar-refractivity contribution in [3.8, 4) is 11.4 Å². The van der Waals surface area contributed by atoms with Gasteiger partial charge in [0, 0.05) is 23.5 Å². The molecule has 1 N–H and O–H groups in total. The molecule has 0 atom stereocenters. The van der Waals surface area contributed by atoms with Crippen LogP contribution in [0.1, 0.15) is 36.1 Å². The highest BCUT2D eigenvalue weighted by molar-refractivity contribution is 5.57. The van der Waals surface area contributed by atoms with Gasteiger partial charge in [0.05, 0.1) is 11.8 Å². The van der Waals surface area contributed by atoms with Gasteiger partial charge < -0.3 is 9.73 Å². The highest BCUT2D eigenvalue weighted by Gasteiger charge is 2.12. The number of nitrogens with one attached hydrogen (secondary N) is 1. The molecule has 0 fully saturated rings. The Morgan fingerprint density at radius 2 is 1.84 bits per heavy atom. The second kappa shape index (κ2) is 5.97. The lowest BCUT2D eigenvalue weighted by Gasteiger charge is -2.11. The van der Waals surface area contributed by atoms with Crippen LogP contribution in [-0.2, 0) is 6.54 Å². The van der Waals surface area contributed by atoms with Crippen LogP contribution in [0.25, 0.3) is 11.4 Å². The smallest absolute Gasteiger partial charge is 0.163 e. The summed E-state index contributed by atoms with van der Waals surface area (Å²) in [6.45, 7) is 10.0. The number of hydrogen-bond donors (Lipinski definition) is 1. The Morgan fingerprint density at radius 3 is 2.37 bits per heavy atom. The second-order valence-electron chi connectivity index (χ2n) is 4.76. The molecule has 102 valence electrons. The zero-order chi connectivity index (χ0) is 13.8. The molecule has 2 aromatic rings. The van der Waals surface area contributed by atoms with Crippen molar-refractivity contribution in [2.75, 3.05) is 6.54 Å². The highest BCUT2D eigenvalue weighted by Crippen LogP contribution is 2.22. The van der Waals surface area contributed by atoms with E-state index in [-0.39, 0.29) is 0 Å². The fourth-order valence-electron chi connectivity index (χ4n) is 2.12. The Kier molecular flexibility index (Phi) is 4.32. The first-order valence-electron chi connectivity index (χ1n) is 6.72. The first-order chi connectivity index (χ1) is 9.13. The van der Waals surface area contributed by atoms with Gasteiger partial charge in [-0.25, -0.2) is 9.97 Å². The zero-order valence-corrected chi connectivity index (χ0v) is 12.1. The zero-order valence-electron chi connectivity index (χ0n) is 12.1. The minimum Gasteiger partial charge on any atom is -0.469 e. The average Bonchev–Trinajstić information content (AvgIpc) is 2.79. The van der Waals surface area contributed by atoms with Gasteiger partial charge >= 0.3 is 0 Å². The Hall–Kier alpha value is -1.68. The molecule has 2 heterocycles. The minimum absolute atomic E-state index is 0.750. The first-order valence-corrected chi connectivity index (χ1v) is 6.72. The van der Waals surface area contributed by atoms with Crippen LogP contribution in [0.5, 0.6) is 0 Å². The summed E-state index contributed by atoms with van der Waals surface area (Å²) >= 11 is 0. The van der Waals surface area contributed by atoms with Gasteiger partial charge in [0.15, 0.2) is 5.82 Å². The quantitative estimate of drug-likeness (QED) is 0.838. The molecule has 0 saturated carbocycles. The molecule has 19 heavy (non-hydrogen) atoms. The van der Waals surface area contributed by atoms with Gasteiger partial charge in [-0.2, -0.15) is 0 Å². The molecule has 2 rings (SSSR count). The fraction of sp³-hybridized carbons (Fsp3) is 0.467. The van der Waals surface area contributed by atoms with E-state index in [1.165, 1.54) is 5.56 Å². The summed E-state index contributed by atoms with van der Waals surface area (Å²) in [4.78, 5) is 9.21. The topological polar surface area (TPSA) is 51.0 Å². The monoisotopic (exact) mass is 259 g/mol. The van der Waals surface area contributed by atoms with Crippen LogP contribution >= 0.6 is 0 Å². The van der Waals surface area contributed by atoms with Crippen molar-refractivity contribution in [3.05, 3.63) is 35.0 Å². The number of nitrogens with zero attached hydrogens (tertiary/aromatic N) is 2. The van der Waals surface area contributed by atoms with Crippen LogP contribution in [0.2, 0.25) is 0 Å². The van der Waals surface area contributed by atoms with Gasteiger partial charge in [0.1, 0.15) is 5.76 Å². The van der Waals surface area contributed by atoms with Crippen LogP contribution in [0.3, 0.4) is 0 Å². The molecule has 0 aliphatic rings. The van der Waals surface area contributed by atoms with Gasteiger partial charge in [-0.3, -0.25) is 0 Å². The van der Waals surface area contributed by atoms with Crippen molar-refractivity contribution in [2.24, 2.45) is 0 Å². The van der Waals surface area contributed by atoms with Crippen LogP contribution in [0.15, 0.2) is 16.7 Å². The standard InChI is InChI=1S/C15H21N3O/c1-5-7-16-9-14-10(2)17-15(18-11(14)3)13-6-8-19-12(13)4/h6,8,16H,5,7,9H2,1-4H3. The van der Waals surface area contributed by atoms with E-state index in [9.17, 15) is 0 Å². The molecule has 2 aromatic heterocycles. The third-order valence-electron chi connectivity index (χ3n) is 3.25. The van der Waals surface area contributed by atoms with Gasteiger partial charge in [-0.05, 0) is 39.8 Å². The van der Waals surface area contributed by atoms with E-state index < -0.39 is 0 Å². The second-order valence-corrected chi connectivity index (χ2v) is 4.76. The van der Waals surface area contributed by atoms with E-state index in [1.54, 1.807) is 6.26 Å². The fourth-order valence-corrected chi connectivity index (χ4v) is 2.12. The molecule has 0 spiro atoms. The maximum atomic E-state index is 5.32. The molecule has 0 aliphatic carbocycles. The lowest BCUT2D eigenvalue weighted by atomic mass is 10.1. The van der Waals surface area contributed by atoms with Gasteiger partial charge in [-0.1, -0.05) is 6.92 Å². The average molecular weight is 259 g/mol. The van der Waals surface area contributed by atoms with Crippen molar-refractivity contribution in [2.45, 2.75) is 40.7 Å². The molecule has 0 bridgehead atoms.